The molecule has 1 aromatic heterocycles. The van der Waals surface area contributed by atoms with Crippen LogP contribution in [0.4, 0.5) is 5.69 Å². The molecular formula is C25H31N3OS. The second-order valence-corrected chi connectivity index (χ2v) is 10.7. The molecular weight excluding hydrogens is 390 g/mol. The lowest BCUT2D eigenvalue weighted by Gasteiger charge is -2.34. The highest BCUT2D eigenvalue weighted by molar-refractivity contribution is 8.00. The number of carbonyl (C=O) groups excluding carboxylic acids is 1. The zero-order valence-electron chi connectivity index (χ0n) is 18.8. The normalized spacial score (nSPS) is 17.0. The third-order valence-corrected chi connectivity index (χ3v) is 7.19. The van der Waals surface area contributed by atoms with Crippen molar-refractivity contribution in [3.05, 3.63) is 52.2 Å². The largest absolute Gasteiger partial charge is 0.325 e. The van der Waals surface area contributed by atoms with Gasteiger partial charge in [-0.2, -0.15) is 5.26 Å². The molecule has 30 heavy (non-hydrogen) atoms. The molecule has 0 radical (unpaired) electrons. The van der Waals surface area contributed by atoms with Crippen LogP contribution in [0.1, 0.15) is 62.1 Å². The minimum Gasteiger partial charge on any atom is -0.325 e. The number of aryl methyl sites for hydroxylation is 3. The highest BCUT2D eigenvalue weighted by Crippen LogP contribution is 2.38. The molecule has 0 saturated heterocycles. The van der Waals surface area contributed by atoms with E-state index in [-0.39, 0.29) is 16.6 Å². The van der Waals surface area contributed by atoms with Gasteiger partial charge in [0.25, 0.3) is 0 Å². The molecule has 2 atom stereocenters. The number of carbonyl (C=O) groups is 1. The van der Waals surface area contributed by atoms with Gasteiger partial charge in [0.2, 0.25) is 5.91 Å². The molecule has 2 aromatic rings. The van der Waals surface area contributed by atoms with Gasteiger partial charge in [0.15, 0.2) is 0 Å². The van der Waals surface area contributed by atoms with Gasteiger partial charge in [-0.25, -0.2) is 4.98 Å². The van der Waals surface area contributed by atoms with E-state index in [4.69, 9.17) is 4.98 Å². The Morgan fingerprint density at radius 3 is 2.57 bits per heavy atom. The van der Waals surface area contributed by atoms with Crippen LogP contribution in [0.3, 0.4) is 0 Å². The summed E-state index contributed by atoms with van der Waals surface area (Å²) in [4.78, 5) is 17.6. The summed E-state index contributed by atoms with van der Waals surface area (Å²) >= 11 is 1.37. The molecule has 1 aliphatic carbocycles. The van der Waals surface area contributed by atoms with Crippen LogP contribution in [0, 0.1) is 36.5 Å². The van der Waals surface area contributed by atoms with Crippen molar-refractivity contribution in [2.75, 3.05) is 5.32 Å². The van der Waals surface area contributed by atoms with E-state index in [2.05, 4.69) is 32.2 Å². The van der Waals surface area contributed by atoms with Crippen molar-refractivity contribution in [2.45, 2.75) is 71.1 Å². The Labute approximate surface area is 184 Å². The second kappa shape index (κ2) is 8.81. The summed E-state index contributed by atoms with van der Waals surface area (Å²) in [6.07, 6.45) is 3.01. The van der Waals surface area contributed by atoms with Crippen LogP contribution in [-0.4, -0.2) is 16.1 Å². The number of thioether (sulfide) groups is 1. The SMILES string of the molecule is Cc1cccc(C)c1NC(=O)C(C)Sc1nc2c(cc1C#N)CC(C(C)(C)C)CC2. The fourth-order valence-corrected chi connectivity index (χ4v) is 4.91. The first kappa shape index (κ1) is 22.4. The number of hydrogen-bond donors (Lipinski definition) is 1. The van der Waals surface area contributed by atoms with Crippen molar-refractivity contribution in [3.63, 3.8) is 0 Å². The minimum absolute atomic E-state index is 0.0754. The first-order valence-corrected chi connectivity index (χ1v) is 11.4. The molecule has 1 N–H and O–H groups in total. The lowest BCUT2D eigenvalue weighted by Crippen LogP contribution is -2.28. The van der Waals surface area contributed by atoms with Gasteiger partial charge in [-0.3, -0.25) is 4.79 Å². The predicted molar refractivity (Wildman–Crippen MR) is 124 cm³/mol. The third-order valence-electron chi connectivity index (χ3n) is 6.08. The molecule has 1 aromatic carbocycles. The summed E-state index contributed by atoms with van der Waals surface area (Å²) in [7, 11) is 0. The van der Waals surface area contributed by atoms with Gasteiger partial charge in [-0.15, -0.1) is 0 Å². The summed E-state index contributed by atoms with van der Waals surface area (Å²) in [5.41, 5.74) is 6.03. The maximum absolute atomic E-state index is 12.8. The van der Waals surface area contributed by atoms with Crippen LogP contribution < -0.4 is 5.32 Å². The number of aromatic nitrogens is 1. The summed E-state index contributed by atoms with van der Waals surface area (Å²) in [6.45, 7) is 12.7. The molecule has 0 spiro atoms. The average Bonchev–Trinajstić information content (AvgIpc) is 2.69. The zero-order chi connectivity index (χ0) is 22.1. The van der Waals surface area contributed by atoms with Crippen LogP contribution in [-0.2, 0) is 17.6 Å². The van der Waals surface area contributed by atoms with Crippen LogP contribution in [0.2, 0.25) is 0 Å². The predicted octanol–water partition coefficient (Wildman–Crippen LogP) is 5.84. The van der Waals surface area contributed by atoms with Crippen LogP contribution in [0.15, 0.2) is 29.3 Å². The second-order valence-electron chi connectivity index (χ2n) is 9.38. The summed E-state index contributed by atoms with van der Waals surface area (Å²) < 4.78 is 0. The molecule has 5 heteroatoms. The Balaban J connectivity index is 1.78. The summed E-state index contributed by atoms with van der Waals surface area (Å²) in [5.74, 6) is 0.521. The number of pyridine rings is 1. The number of nitrogens with zero attached hydrogens (tertiary/aromatic N) is 2. The van der Waals surface area contributed by atoms with Gasteiger partial charge in [0, 0.05) is 11.4 Å². The Morgan fingerprint density at radius 1 is 1.30 bits per heavy atom. The van der Waals surface area contributed by atoms with Crippen molar-refractivity contribution in [1.29, 1.82) is 5.26 Å². The lowest BCUT2D eigenvalue weighted by molar-refractivity contribution is -0.115. The molecule has 4 nitrogen and oxygen atoms in total. The van der Waals surface area contributed by atoms with E-state index in [1.54, 1.807) is 0 Å². The quantitative estimate of drug-likeness (QED) is 0.630. The first-order valence-electron chi connectivity index (χ1n) is 10.6. The molecule has 2 unspecified atom stereocenters. The Hall–Kier alpha value is -2.32. The molecule has 0 fully saturated rings. The average molecular weight is 422 g/mol. The molecule has 0 bridgehead atoms. The van der Waals surface area contributed by atoms with Gasteiger partial charge in [0.05, 0.1) is 10.8 Å². The molecule has 1 heterocycles. The van der Waals surface area contributed by atoms with Crippen molar-refractivity contribution in [1.82, 2.24) is 4.98 Å². The highest BCUT2D eigenvalue weighted by atomic mass is 32.2. The fourth-order valence-electron chi connectivity index (χ4n) is 4.01. The number of nitriles is 1. The van der Waals surface area contributed by atoms with Crippen molar-refractivity contribution in [3.8, 4) is 6.07 Å². The number of para-hydroxylation sites is 1. The number of anilines is 1. The minimum atomic E-state index is -0.354. The number of benzene rings is 1. The lowest BCUT2D eigenvalue weighted by atomic mass is 9.71. The number of hydrogen-bond acceptors (Lipinski definition) is 4. The van der Waals surface area contributed by atoms with E-state index >= 15 is 0 Å². The van der Waals surface area contributed by atoms with Gasteiger partial charge in [0.1, 0.15) is 11.1 Å². The van der Waals surface area contributed by atoms with Gasteiger partial charge in [-0.05, 0) is 74.1 Å². The van der Waals surface area contributed by atoms with Crippen LogP contribution >= 0.6 is 11.8 Å². The van der Waals surface area contributed by atoms with E-state index in [1.165, 1.54) is 17.3 Å². The monoisotopic (exact) mass is 421 g/mol. The molecule has 1 aliphatic rings. The first-order chi connectivity index (χ1) is 14.1. The zero-order valence-corrected chi connectivity index (χ0v) is 19.6. The highest BCUT2D eigenvalue weighted by Gasteiger charge is 2.30. The summed E-state index contributed by atoms with van der Waals surface area (Å²) in [6, 6.07) is 10.3. The maximum atomic E-state index is 12.8. The molecule has 1 amide bonds. The molecule has 3 rings (SSSR count). The molecule has 0 aliphatic heterocycles. The van der Waals surface area contributed by atoms with E-state index in [9.17, 15) is 10.1 Å². The number of fused-ring (bicyclic) bond motifs is 1. The van der Waals surface area contributed by atoms with Gasteiger partial charge >= 0.3 is 0 Å². The molecule has 158 valence electrons. The van der Waals surface area contributed by atoms with Gasteiger partial charge in [-0.1, -0.05) is 50.7 Å². The Kier molecular flexibility index (Phi) is 6.57. The Bertz CT molecular complexity index is 980. The van der Waals surface area contributed by atoms with Gasteiger partial charge < -0.3 is 5.32 Å². The number of rotatable bonds is 4. The third kappa shape index (κ3) is 4.87. The van der Waals surface area contributed by atoms with Crippen molar-refractivity contribution >= 4 is 23.4 Å². The topological polar surface area (TPSA) is 65.8 Å². The summed E-state index contributed by atoms with van der Waals surface area (Å²) in [5, 5.41) is 13.1. The fraction of sp³-hybridized carbons (Fsp3) is 0.480. The maximum Gasteiger partial charge on any atom is 0.237 e. The number of amides is 1. The van der Waals surface area contributed by atoms with Crippen molar-refractivity contribution < 1.29 is 4.79 Å². The standard InChI is InChI=1S/C25H31N3OS/c1-15-8-7-9-16(2)22(15)28-23(29)17(3)30-24-19(14-26)12-18-13-20(25(4,5)6)10-11-21(18)27-24/h7-9,12,17,20H,10-11,13H2,1-6H3,(H,28,29). The van der Waals surface area contributed by atoms with Crippen molar-refractivity contribution in [2.24, 2.45) is 11.3 Å². The molecule has 0 saturated carbocycles. The Morgan fingerprint density at radius 2 is 1.97 bits per heavy atom. The van der Waals surface area contributed by atoms with Crippen LogP contribution in [0.5, 0.6) is 0 Å². The van der Waals surface area contributed by atoms with E-state index < -0.39 is 0 Å². The number of nitrogens with one attached hydrogen (secondary N) is 1. The smallest absolute Gasteiger partial charge is 0.237 e. The van der Waals surface area contributed by atoms with Crippen LogP contribution in [0.25, 0.3) is 0 Å². The van der Waals surface area contributed by atoms with E-state index in [0.29, 0.717) is 16.5 Å². The van der Waals surface area contributed by atoms with E-state index in [0.717, 1.165) is 41.8 Å². The van der Waals surface area contributed by atoms with E-state index in [1.807, 2.05) is 45.0 Å².